The highest BCUT2D eigenvalue weighted by atomic mass is 16.1. The fourth-order valence-electron chi connectivity index (χ4n) is 1.97. The number of hydrogen-bond acceptors (Lipinski definition) is 3. The fraction of sp³-hybridized carbons (Fsp3) is 0.533. The molecule has 0 unspecified atom stereocenters. The molecule has 4 nitrogen and oxygen atoms in total. The molecule has 4 heteroatoms. The van der Waals surface area contributed by atoms with E-state index in [1.807, 2.05) is 6.07 Å². The number of nitrogens with one attached hydrogen (secondary N) is 2. The first-order valence-corrected chi connectivity index (χ1v) is 6.91. The van der Waals surface area contributed by atoms with Gasteiger partial charge in [-0.1, -0.05) is 38.1 Å². The first kappa shape index (κ1) is 15.7. The lowest BCUT2D eigenvalue weighted by Gasteiger charge is -2.18. The van der Waals surface area contributed by atoms with E-state index in [2.05, 4.69) is 47.6 Å². The average Bonchev–Trinajstić information content (AvgIpc) is 2.43. The van der Waals surface area contributed by atoms with Crippen molar-refractivity contribution in [2.45, 2.75) is 26.9 Å². The second-order valence-corrected chi connectivity index (χ2v) is 4.59. The molecule has 0 radical (unpaired) electrons. The Morgan fingerprint density at radius 2 is 1.89 bits per heavy atom. The monoisotopic (exact) mass is 263 g/mol. The molecule has 0 heterocycles. The Labute approximate surface area is 116 Å². The fourth-order valence-corrected chi connectivity index (χ4v) is 1.97. The average molecular weight is 263 g/mol. The van der Waals surface area contributed by atoms with Crippen LogP contribution in [-0.2, 0) is 17.9 Å². The summed E-state index contributed by atoms with van der Waals surface area (Å²) in [6, 6.07) is 8.40. The molecule has 0 spiro atoms. The molecular formula is C15H25N3O. The Hall–Kier alpha value is -1.39. The Bertz CT molecular complexity index is 389. The van der Waals surface area contributed by atoms with E-state index in [-0.39, 0.29) is 5.91 Å². The molecule has 0 saturated carbocycles. The van der Waals surface area contributed by atoms with Crippen LogP contribution in [0, 0.1) is 0 Å². The Kier molecular flexibility index (Phi) is 7.15. The third-order valence-corrected chi connectivity index (χ3v) is 3.12. The molecule has 0 aliphatic rings. The minimum Gasteiger partial charge on any atom is -0.351 e. The smallest absolute Gasteiger partial charge is 0.234 e. The first-order chi connectivity index (χ1) is 9.19. The van der Waals surface area contributed by atoms with Crippen LogP contribution in [0.2, 0.25) is 0 Å². The summed E-state index contributed by atoms with van der Waals surface area (Å²) in [7, 11) is 1.77. The van der Waals surface area contributed by atoms with Gasteiger partial charge in [-0.05, 0) is 31.3 Å². The van der Waals surface area contributed by atoms with Crippen LogP contribution in [0.5, 0.6) is 0 Å². The number of carbonyl (C=O) groups is 1. The second-order valence-electron chi connectivity index (χ2n) is 4.59. The summed E-state index contributed by atoms with van der Waals surface area (Å²) in [6.07, 6.45) is 0. The van der Waals surface area contributed by atoms with E-state index in [0.717, 1.165) is 25.2 Å². The van der Waals surface area contributed by atoms with Crippen LogP contribution in [-0.4, -0.2) is 37.5 Å². The van der Waals surface area contributed by atoms with Gasteiger partial charge in [0.1, 0.15) is 0 Å². The van der Waals surface area contributed by atoms with E-state index < -0.39 is 0 Å². The standard InChI is InChI=1S/C15H25N3O/c1-4-18(5-2)12-14-8-6-7-13(9-14)10-17-15(19)11-16-3/h6-9,16H,4-5,10-12H2,1-3H3,(H,17,19). The highest BCUT2D eigenvalue weighted by Gasteiger charge is 2.03. The summed E-state index contributed by atoms with van der Waals surface area (Å²) >= 11 is 0. The highest BCUT2D eigenvalue weighted by molar-refractivity contribution is 5.77. The highest BCUT2D eigenvalue weighted by Crippen LogP contribution is 2.08. The Balaban J connectivity index is 2.54. The van der Waals surface area contributed by atoms with Gasteiger partial charge >= 0.3 is 0 Å². The van der Waals surface area contributed by atoms with Crippen molar-refractivity contribution in [1.29, 1.82) is 0 Å². The quantitative estimate of drug-likeness (QED) is 0.744. The molecule has 2 N–H and O–H groups in total. The van der Waals surface area contributed by atoms with Gasteiger partial charge in [-0.3, -0.25) is 9.69 Å². The number of hydrogen-bond donors (Lipinski definition) is 2. The zero-order valence-corrected chi connectivity index (χ0v) is 12.2. The molecule has 1 aromatic carbocycles. The molecule has 1 aromatic rings. The van der Waals surface area contributed by atoms with Crippen LogP contribution in [0.4, 0.5) is 0 Å². The maximum Gasteiger partial charge on any atom is 0.234 e. The maximum atomic E-state index is 11.4. The zero-order valence-electron chi connectivity index (χ0n) is 12.2. The van der Waals surface area contributed by atoms with Crippen LogP contribution in [0.25, 0.3) is 0 Å². The van der Waals surface area contributed by atoms with Gasteiger partial charge in [0.15, 0.2) is 0 Å². The second kappa shape index (κ2) is 8.67. The van der Waals surface area contributed by atoms with Crippen LogP contribution < -0.4 is 10.6 Å². The van der Waals surface area contributed by atoms with E-state index in [0.29, 0.717) is 13.1 Å². The first-order valence-electron chi connectivity index (χ1n) is 6.91. The number of likely N-dealkylation sites (N-methyl/N-ethyl adjacent to an activating group) is 1. The van der Waals surface area contributed by atoms with Gasteiger partial charge in [0, 0.05) is 13.1 Å². The summed E-state index contributed by atoms with van der Waals surface area (Å²) in [5, 5.41) is 5.73. The minimum atomic E-state index is 0.0247. The van der Waals surface area contributed by atoms with Gasteiger partial charge < -0.3 is 10.6 Å². The van der Waals surface area contributed by atoms with E-state index >= 15 is 0 Å². The molecule has 1 rings (SSSR count). The normalized spacial score (nSPS) is 10.7. The Morgan fingerprint density at radius 3 is 2.53 bits per heavy atom. The number of rotatable bonds is 8. The van der Waals surface area contributed by atoms with Crippen molar-refractivity contribution in [2.75, 3.05) is 26.7 Å². The van der Waals surface area contributed by atoms with Crippen LogP contribution in [0.3, 0.4) is 0 Å². The molecule has 0 atom stereocenters. The molecule has 19 heavy (non-hydrogen) atoms. The van der Waals surface area contributed by atoms with Gasteiger partial charge in [0.2, 0.25) is 5.91 Å². The van der Waals surface area contributed by atoms with E-state index in [9.17, 15) is 4.79 Å². The molecule has 0 aromatic heterocycles. The van der Waals surface area contributed by atoms with Crippen molar-refractivity contribution in [1.82, 2.24) is 15.5 Å². The summed E-state index contributed by atoms with van der Waals surface area (Å²) in [6.45, 7) is 8.37. The molecule has 0 bridgehead atoms. The van der Waals surface area contributed by atoms with Crippen LogP contribution in [0.1, 0.15) is 25.0 Å². The van der Waals surface area contributed by atoms with Gasteiger partial charge in [-0.25, -0.2) is 0 Å². The van der Waals surface area contributed by atoms with Crippen molar-refractivity contribution in [3.8, 4) is 0 Å². The van der Waals surface area contributed by atoms with Gasteiger partial charge in [-0.2, -0.15) is 0 Å². The van der Waals surface area contributed by atoms with E-state index in [1.54, 1.807) is 7.05 Å². The number of nitrogens with zero attached hydrogens (tertiary/aromatic N) is 1. The number of carbonyl (C=O) groups excluding carboxylic acids is 1. The molecule has 0 aliphatic carbocycles. The maximum absolute atomic E-state index is 11.4. The summed E-state index contributed by atoms with van der Waals surface area (Å²) in [4.78, 5) is 13.8. The molecule has 106 valence electrons. The molecule has 1 amide bonds. The van der Waals surface area contributed by atoms with Crippen molar-refractivity contribution in [3.05, 3.63) is 35.4 Å². The lowest BCUT2D eigenvalue weighted by molar-refractivity contribution is -0.120. The Morgan fingerprint density at radius 1 is 1.21 bits per heavy atom. The van der Waals surface area contributed by atoms with Gasteiger partial charge in [0.05, 0.1) is 6.54 Å². The summed E-state index contributed by atoms with van der Waals surface area (Å²) in [5.41, 5.74) is 2.44. The van der Waals surface area contributed by atoms with E-state index in [1.165, 1.54) is 5.56 Å². The molecule has 0 aliphatic heterocycles. The van der Waals surface area contributed by atoms with Crippen molar-refractivity contribution >= 4 is 5.91 Å². The number of benzene rings is 1. The summed E-state index contributed by atoms with van der Waals surface area (Å²) in [5.74, 6) is 0.0247. The van der Waals surface area contributed by atoms with Crippen LogP contribution >= 0.6 is 0 Å². The van der Waals surface area contributed by atoms with Crippen LogP contribution in [0.15, 0.2) is 24.3 Å². The predicted molar refractivity (Wildman–Crippen MR) is 78.8 cm³/mol. The third-order valence-electron chi connectivity index (χ3n) is 3.12. The molecular weight excluding hydrogens is 238 g/mol. The molecule has 0 fully saturated rings. The van der Waals surface area contributed by atoms with Gasteiger partial charge in [-0.15, -0.1) is 0 Å². The lowest BCUT2D eigenvalue weighted by atomic mass is 10.1. The predicted octanol–water partition coefficient (Wildman–Crippen LogP) is 1.36. The van der Waals surface area contributed by atoms with Crippen molar-refractivity contribution in [3.63, 3.8) is 0 Å². The SMILES string of the molecule is CCN(CC)Cc1cccc(CNC(=O)CNC)c1. The third kappa shape index (κ3) is 5.85. The number of amides is 1. The summed E-state index contributed by atoms with van der Waals surface area (Å²) < 4.78 is 0. The van der Waals surface area contributed by atoms with Crippen molar-refractivity contribution < 1.29 is 4.79 Å². The van der Waals surface area contributed by atoms with Crippen molar-refractivity contribution in [2.24, 2.45) is 0 Å². The largest absolute Gasteiger partial charge is 0.351 e. The topological polar surface area (TPSA) is 44.4 Å². The lowest BCUT2D eigenvalue weighted by Crippen LogP contribution is -2.31. The minimum absolute atomic E-state index is 0.0247. The van der Waals surface area contributed by atoms with E-state index in [4.69, 9.17) is 0 Å². The van der Waals surface area contributed by atoms with Gasteiger partial charge in [0.25, 0.3) is 0 Å². The molecule has 0 saturated heterocycles. The zero-order chi connectivity index (χ0) is 14.1.